The third kappa shape index (κ3) is 3.39. The molecular formula is C29H27N3O2. The first kappa shape index (κ1) is 19.9. The summed E-state index contributed by atoms with van der Waals surface area (Å²) in [4.78, 5) is 7.54. The van der Waals surface area contributed by atoms with Crippen LogP contribution in [0.2, 0.25) is 0 Å². The number of anilines is 2. The molecule has 2 fully saturated rings. The topological polar surface area (TPSA) is 50.5 Å². The van der Waals surface area contributed by atoms with Crippen LogP contribution in [0.5, 0.6) is 11.5 Å². The lowest BCUT2D eigenvalue weighted by Crippen LogP contribution is -2.41. The molecular weight excluding hydrogens is 422 g/mol. The minimum Gasteiger partial charge on any atom is -0.472 e. The van der Waals surface area contributed by atoms with Gasteiger partial charge >= 0.3 is 0 Å². The highest BCUT2D eigenvalue weighted by atomic mass is 16.5. The predicted octanol–water partition coefficient (Wildman–Crippen LogP) is 7.10. The number of aromatic nitrogens is 1. The Morgan fingerprint density at radius 1 is 0.941 bits per heavy atom. The molecule has 0 aliphatic carbocycles. The highest BCUT2D eigenvalue weighted by Gasteiger charge is 2.41. The van der Waals surface area contributed by atoms with Crippen LogP contribution < -0.4 is 10.1 Å². The molecule has 4 aromatic rings. The number of ether oxygens (including phenoxy) is 1. The summed E-state index contributed by atoms with van der Waals surface area (Å²) in [5, 5.41) is 3.60. The lowest BCUT2D eigenvalue weighted by atomic mass is 9.86. The van der Waals surface area contributed by atoms with Crippen molar-refractivity contribution in [3.05, 3.63) is 90.6 Å². The van der Waals surface area contributed by atoms with Crippen LogP contribution >= 0.6 is 0 Å². The number of rotatable bonds is 4. The lowest BCUT2D eigenvalue weighted by Gasteiger charge is -2.38. The van der Waals surface area contributed by atoms with Crippen molar-refractivity contribution < 1.29 is 9.15 Å². The molecule has 2 unspecified atom stereocenters. The predicted molar refractivity (Wildman–Crippen MR) is 133 cm³/mol. The second kappa shape index (κ2) is 8.03. The van der Waals surface area contributed by atoms with Gasteiger partial charge in [0, 0.05) is 47.6 Å². The number of hydrogen-bond donors (Lipinski definition) is 1. The number of hydrogen-bond acceptors (Lipinski definition) is 5. The Morgan fingerprint density at radius 2 is 1.79 bits per heavy atom. The van der Waals surface area contributed by atoms with E-state index >= 15 is 0 Å². The van der Waals surface area contributed by atoms with E-state index in [9.17, 15) is 0 Å². The Kier molecular flexibility index (Phi) is 4.69. The van der Waals surface area contributed by atoms with Gasteiger partial charge in [-0.2, -0.15) is 0 Å². The quantitative estimate of drug-likeness (QED) is 0.317. The Hall–Kier alpha value is -3.57. The smallest absolute Gasteiger partial charge is 0.151 e. The van der Waals surface area contributed by atoms with Crippen molar-refractivity contribution in [1.82, 2.24) is 9.88 Å². The first-order chi connectivity index (χ1) is 16.8. The van der Waals surface area contributed by atoms with Crippen molar-refractivity contribution in [3.63, 3.8) is 0 Å². The molecule has 2 saturated heterocycles. The zero-order valence-corrected chi connectivity index (χ0v) is 19.0. The first-order valence-electron chi connectivity index (χ1n) is 12.2. The van der Waals surface area contributed by atoms with Gasteiger partial charge in [0.15, 0.2) is 11.5 Å². The van der Waals surface area contributed by atoms with Gasteiger partial charge in [0.05, 0.1) is 23.9 Å². The normalized spacial score (nSPS) is 23.0. The zero-order chi connectivity index (χ0) is 22.5. The molecule has 170 valence electrons. The Morgan fingerprint density at radius 3 is 2.65 bits per heavy atom. The maximum atomic E-state index is 6.19. The SMILES string of the molecule is c1ccc2c(c1)Nc1c(cccc1-c1ccnc(C3CC4CCC(C3)N4Cc3ccoc3)c1)O2. The fraction of sp³-hybridized carbons (Fsp3) is 0.276. The van der Waals surface area contributed by atoms with Crippen LogP contribution in [0.25, 0.3) is 11.1 Å². The first-order valence-corrected chi connectivity index (χ1v) is 12.2. The molecule has 0 saturated carbocycles. The molecule has 0 spiro atoms. The van der Waals surface area contributed by atoms with Gasteiger partial charge in [-0.25, -0.2) is 0 Å². The van der Waals surface area contributed by atoms with Crippen molar-refractivity contribution in [1.29, 1.82) is 0 Å². The minimum atomic E-state index is 0.502. The molecule has 34 heavy (non-hydrogen) atoms. The lowest BCUT2D eigenvalue weighted by molar-refractivity contribution is 0.117. The summed E-state index contributed by atoms with van der Waals surface area (Å²) in [6.45, 7) is 0.995. The standard InChI is InChI=1S/C29H27N3O2/c1-2-6-27-25(5-1)31-29-24(4-3-7-28(29)34-27)20-10-12-30-26(16-20)21-14-22-8-9-23(15-21)32(22)17-19-11-13-33-18-19/h1-7,10-13,16,18,21-23,31H,8-9,14-15,17H2. The fourth-order valence-electron chi connectivity index (χ4n) is 6.10. The van der Waals surface area contributed by atoms with Crippen LogP contribution in [0, 0.1) is 0 Å². The molecule has 0 amide bonds. The number of piperidine rings is 1. The summed E-state index contributed by atoms with van der Waals surface area (Å²) in [5.41, 5.74) is 6.85. The van der Waals surface area contributed by atoms with Crippen molar-refractivity contribution in [2.75, 3.05) is 5.32 Å². The highest BCUT2D eigenvalue weighted by Crippen LogP contribution is 2.47. The van der Waals surface area contributed by atoms with Gasteiger partial charge in [-0.15, -0.1) is 0 Å². The molecule has 5 nitrogen and oxygen atoms in total. The maximum absolute atomic E-state index is 6.19. The van der Waals surface area contributed by atoms with Gasteiger partial charge in [0.25, 0.3) is 0 Å². The van der Waals surface area contributed by atoms with E-state index in [-0.39, 0.29) is 0 Å². The molecule has 3 aliphatic heterocycles. The molecule has 0 radical (unpaired) electrons. The van der Waals surface area contributed by atoms with E-state index < -0.39 is 0 Å². The third-order valence-corrected chi connectivity index (χ3v) is 7.73. The summed E-state index contributed by atoms with van der Waals surface area (Å²) in [5.74, 6) is 2.22. The molecule has 2 aromatic heterocycles. The van der Waals surface area contributed by atoms with Crippen molar-refractivity contribution in [2.24, 2.45) is 0 Å². The summed E-state index contributed by atoms with van der Waals surface area (Å²) in [6, 6.07) is 22.1. The zero-order valence-electron chi connectivity index (χ0n) is 19.0. The van der Waals surface area contributed by atoms with E-state index in [1.165, 1.54) is 42.5 Å². The molecule has 2 aromatic carbocycles. The highest BCUT2D eigenvalue weighted by molar-refractivity contribution is 5.88. The number of para-hydroxylation sites is 3. The van der Waals surface area contributed by atoms with Crippen molar-refractivity contribution >= 4 is 11.4 Å². The van der Waals surface area contributed by atoms with Crippen molar-refractivity contribution in [3.8, 4) is 22.6 Å². The van der Waals surface area contributed by atoms with E-state index in [2.05, 4.69) is 46.6 Å². The largest absolute Gasteiger partial charge is 0.472 e. The summed E-state index contributed by atoms with van der Waals surface area (Å²) in [6.07, 6.45) is 10.5. The Balaban J connectivity index is 1.16. The number of fused-ring (bicyclic) bond motifs is 4. The second-order valence-electron chi connectivity index (χ2n) is 9.73. The summed E-state index contributed by atoms with van der Waals surface area (Å²) >= 11 is 0. The Bertz CT molecular complexity index is 1320. The van der Waals surface area contributed by atoms with E-state index in [1.54, 1.807) is 6.26 Å². The Labute approximate surface area is 199 Å². The number of benzene rings is 2. The molecule has 5 heteroatoms. The van der Waals surface area contributed by atoms with E-state index in [4.69, 9.17) is 14.1 Å². The summed E-state index contributed by atoms with van der Waals surface area (Å²) < 4.78 is 11.5. The average molecular weight is 450 g/mol. The number of furan rings is 1. The third-order valence-electron chi connectivity index (χ3n) is 7.73. The number of nitrogens with one attached hydrogen (secondary N) is 1. The molecule has 3 aliphatic rings. The van der Waals surface area contributed by atoms with Crippen LogP contribution in [0.3, 0.4) is 0 Å². The number of nitrogens with zero attached hydrogens (tertiary/aromatic N) is 2. The van der Waals surface area contributed by atoms with Crippen LogP contribution in [0.15, 0.2) is 83.8 Å². The molecule has 5 heterocycles. The molecule has 2 bridgehead atoms. The monoisotopic (exact) mass is 449 g/mol. The van der Waals surface area contributed by atoms with Gasteiger partial charge in [-0.3, -0.25) is 9.88 Å². The minimum absolute atomic E-state index is 0.502. The van der Waals surface area contributed by atoms with Crippen molar-refractivity contribution in [2.45, 2.75) is 50.2 Å². The second-order valence-corrected chi connectivity index (χ2v) is 9.73. The van der Waals surface area contributed by atoms with E-state index in [1.807, 2.05) is 36.7 Å². The number of pyridine rings is 1. The fourth-order valence-corrected chi connectivity index (χ4v) is 6.10. The van der Waals surface area contributed by atoms with Gasteiger partial charge in [-0.1, -0.05) is 24.3 Å². The van der Waals surface area contributed by atoms with Crippen LogP contribution in [-0.2, 0) is 6.54 Å². The molecule has 1 N–H and O–H groups in total. The van der Waals surface area contributed by atoms with Gasteiger partial charge in [-0.05, 0) is 67.6 Å². The van der Waals surface area contributed by atoms with Crippen LogP contribution in [0.4, 0.5) is 11.4 Å². The van der Waals surface area contributed by atoms with E-state index in [0.29, 0.717) is 18.0 Å². The van der Waals surface area contributed by atoms with Crippen LogP contribution in [-0.4, -0.2) is 22.0 Å². The van der Waals surface area contributed by atoms with Gasteiger partial charge < -0.3 is 14.5 Å². The van der Waals surface area contributed by atoms with Gasteiger partial charge in [0.2, 0.25) is 0 Å². The molecule has 2 atom stereocenters. The van der Waals surface area contributed by atoms with Gasteiger partial charge in [0.1, 0.15) is 0 Å². The maximum Gasteiger partial charge on any atom is 0.151 e. The van der Waals surface area contributed by atoms with E-state index in [0.717, 1.165) is 35.0 Å². The average Bonchev–Trinajstić information content (AvgIpc) is 3.47. The van der Waals surface area contributed by atoms with Crippen LogP contribution in [0.1, 0.15) is 42.9 Å². The summed E-state index contributed by atoms with van der Waals surface area (Å²) in [7, 11) is 0. The molecule has 7 rings (SSSR count).